The van der Waals surface area contributed by atoms with Crippen LogP contribution in [0.15, 0.2) is 72.4 Å². The monoisotopic (exact) mass is 420 g/mol. The molecule has 1 heterocycles. The molecule has 1 N–H and O–H groups in total. The molecule has 0 spiro atoms. The van der Waals surface area contributed by atoms with Crippen molar-refractivity contribution in [1.29, 1.82) is 0 Å². The van der Waals surface area contributed by atoms with Crippen LogP contribution in [-0.4, -0.2) is 18.9 Å². The van der Waals surface area contributed by atoms with E-state index in [-0.39, 0.29) is 17.0 Å². The van der Waals surface area contributed by atoms with Gasteiger partial charge in [-0.15, -0.1) is 0 Å². The number of ether oxygens (including phenoxy) is 1. The minimum atomic E-state index is -1.16. The van der Waals surface area contributed by atoms with Gasteiger partial charge in [-0.2, -0.15) is 0 Å². The minimum absolute atomic E-state index is 0.0167. The van der Waals surface area contributed by atoms with E-state index in [0.717, 1.165) is 22.6 Å². The number of carbonyl (C=O) groups is 2. The van der Waals surface area contributed by atoms with Gasteiger partial charge in [0.15, 0.2) is 11.6 Å². The van der Waals surface area contributed by atoms with Crippen LogP contribution in [0, 0.1) is 18.6 Å². The van der Waals surface area contributed by atoms with E-state index < -0.39 is 23.4 Å². The molecule has 0 aromatic heterocycles. The largest absolute Gasteiger partial charge is 0.496 e. The van der Waals surface area contributed by atoms with Crippen LogP contribution in [0.25, 0.3) is 5.57 Å². The molecule has 0 unspecified atom stereocenters. The molecule has 1 aliphatic rings. The summed E-state index contributed by atoms with van der Waals surface area (Å²) in [6, 6.07) is 16.9. The quantitative estimate of drug-likeness (QED) is 0.609. The molecule has 0 atom stereocenters. The highest BCUT2D eigenvalue weighted by molar-refractivity contribution is 6.46. The van der Waals surface area contributed by atoms with Crippen LogP contribution in [0.5, 0.6) is 5.75 Å². The van der Waals surface area contributed by atoms with Gasteiger partial charge in [-0.05, 0) is 37.3 Å². The number of halogens is 2. The second-order valence-corrected chi connectivity index (χ2v) is 6.99. The van der Waals surface area contributed by atoms with Gasteiger partial charge >= 0.3 is 0 Å². The lowest BCUT2D eigenvalue weighted by Gasteiger charge is -2.16. The topological polar surface area (TPSA) is 58.6 Å². The number of imide groups is 1. The van der Waals surface area contributed by atoms with E-state index in [1.54, 1.807) is 36.4 Å². The fourth-order valence-electron chi connectivity index (χ4n) is 3.39. The molecule has 0 saturated heterocycles. The Morgan fingerprint density at radius 2 is 1.58 bits per heavy atom. The number of carbonyl (C=O) groups excluding carboxylic acids is 2. The second-order valence-electron chi connectivity index (χ2n) is 6.99. The zero-order valence-electron chi connectivity index (χ0n) is 16.8. The number of anilines is 2. The van der Waals surface area contributed by atoms with Crippen molar-refractivity contribution in [3.05, 3.63) is 95.2 Å². The van der Waals surface area contributed by atoms with Gasteiger partial charge in [-0.25, -0.2) is 13.7 Å². The molecule has 0 aliphatic carbocycles. The van der Waals surface area contributed by atoms with Crippen molar-refractivity contribution in [2.45, 2.75) is 6.92 Å². The summed E-state index contributed by atoms with van der Waals surface area (Å²) < 4.78 is 32.6. The summed E-state index contributed by atoms with van der Waals surface area (Å²) in [5, 5.41) is 3.02. The summed E-state index contributed by atoms with van der Waals surface area (Å²) in [6.07, 6.45) is 0. The van der Waals surface area contributed by atoms with Gasteiger partial charge in [0.05, 0.1) is 18.4 Å². The van der Waals surface area contributed by atoms with E-state index in [4.69, 9.17) is 4.74 Å². The summed E-state index contributed by atoms with van der Waals surface area (Å²) in [5.41, 5.74) is 2.06. The molecule has 1 aliphatic heterocycles. The fourth-order valence-corrected chi connectivity index (χ4v) is 3.39. The van der Waals surface area contributed by atoms with Crippen LogP contribution in [0.3, 0.4) is 0 Å². The van der Waals surface area contributed by atoms with Gasteiger partial charge < -0.3 is 10.1 Å². The molecule has 0 radical (unpaired) electrons. The molecular weight excluding hydrogens is 402 g/mol. The predicted molar refractivity (Wildman–Crippen MR) is 114 cm³/mol. The first-order chi connectivity index (χ1) is 14.9. The predicted octanol–water partition coefficient (Wildman–Crippen LogP) is 4.68. The molecule has 2 amide bonds. The second kappa shape index (κ2) is 8.02. The average molecular weight is 420 g/mol. The van der Waals surface area contributed by atoms with Crippen LogP contribution < -0.4 is 15.0 Å². The van der Waals surface area contributed by atoms with Crippen LogP contribution in [0.4, 0.5) is 20.2 Å². The van der Waals surface area contributed by atoms with Gasteiger partial charge in [0.2, 0.25) is 0 Å². The van der Waals surface area contributed by atoms with Gasteiger partial charge in [0.25, 0.3) is 11.8 Å². The Morgan fingerprint density at radius 3 is 2.26 bits per heavy atom. The van der Waals surface area contributed by atoms with Crippen molar-refractivity contribution in [1.82, 2.24) is 0 Å². The first kappa shape index (κ1) is 20.3. The van der Waals surface area contributed by atoms with Crippen LogP contribution in [-0.2, 0) is 9.59 Å². The number of amides is 2. The van der Waals surface area contributed by atoms with E-state index >= 15 is 0 Å². The Morgan fingerprint density at radius 1 is 0.871 bits per heavy atom. The molecule has 0 bridgehead atoms. The van der Waals surface area contributed by atoms with Crippen molar-refractivity contribution in [3.63, 3.8) is 0 Å². The van der Waals surface area contributed by atoms with Gasteiger partial charge in [0.1, 0.15) is 11.4 Å². The minimum Gasteiger partial charge on any atom is -0.496 e. The molecule has 7 heteroatoms. The summed E-state index contributed by atoms with van der Waals surface area (Å²) in [6.45, 7) is 1.93. The molecule has 3 aromatic rings. The number of rotatable bonds is 5. The summed E-state index contributed by atoms with van der Waals surface area (Å²) in [5.74, 6) is -3.18. The van der Waals surface area contributed by atoms with Gasteiger partial charge in [-0.1, -0.05) is 35.9 Å². The molecule has 4 rings (SSSR count). The first-order valence-electron chi connectivity index (χ1n) is 9.46. The highest BCUT2D eigenvalue weighted by Crippen LogP contribution is 2.37. The maximum atomic E-state index is 13.8. The van der Waals surface area contributed by atoms with E-state index in [2.05, 4.69) is 5.32 Å². The fraction of sp³-hybridized carbons (Fsp3) is 0.0833. The summed E-state index contributed by atoms with van der Waals surface area (Å²) in [7, 11) is 1.46. The van der Waals surface area contributed by atoms with Crippen molar-refractivity contribution < 1.29 is 23.1 Å². The van der Waals surface area contributed by atoms with E-state index in [1.165, 1.54) is 13.2 Å². The molecule has 31 heavy (non-hydrogen) atoms. The molecule has 0 saturated carbocycles. The van der Waals surface area contributed by atoms with Crippen LogP contribution >= 0.6 is 0 Å². The average Bonchev–Trinajstić information content (AvgIpc) is 3.01. The Bertz CT molecular complexity index is 1220. The third-order valence-corrected chi connectivity index (χ3v) is 4.94. The number of hydrogen-bond donors (Lipinski definition) is 1. The lowest BCUT2D eigenvalue weighted by Crippen LogP contribution is -2.32. The van der Waals surface area contributed by atoms with Gasteiger partial charge in [-0.3, -0.25) is 9.59 Å². The molecular formula is C24H18F2N2O3. The zero-order valence-corrected chi connectivity index (χ0v) is 16.8. The maximum absolute atomic E-state index is 13.8. The number of aryl methyl sites for hydroxylation is 1. The maximum Gasteiger partial charge on any atom is 0.282 e. The number of nitrogens with one attached hydrogen (secondary N) is 1. The Kier molecular flexibility index (Phi) is 5.25. The third kappa shape index (κ3) is 3.66. The highest BCUT2D eigenvalue weighted by atomic mass is 19.2. The van der Waals surface area contributed by atoms with E-state index in [1.807, 2.05) is 19.1 Å². The van der Waals surface area contributed by atoms with Crippen molar-refractivity contribution in [2.75, 3.05) is 17.3 Å². The molecule has 5 nitrogen and oxygen atoms in total. The van der Waals surface area contributed by atoms with Crippen molar-refractivity contribution in [2.24, 2.45) is 0 Å². The SMILES string of the molecule is COc1ccccc1C1=C(Nc2ccc(C)cc2)C(=O)N(c2ccc(F)c(F)c2)C1=O. The standard InChI is InChI=1S/C24H18F2N2O3/c1-14-7-9-15(10-8-14)27-22-21(17-5-3-4-6-20(17)31-2)23(29)28(24(22)30)16-11-12-18(25)19(26)13-16/h3-13,27H,1-2H3. The number of nitrogens with zero attached hydrogens (tertiary/aromatic N) is 1. The first-order valence-corrected chi connectivity index (χ1v) is 9.46. The van der Waals surface area contributed by atoms with E-state index in [9.17, 15) is 18.4 Å². The lowest BCUT2D eigenvalue weighted by molar-refractivity contribution is -0.120. The molecule has 3 aromatic carbocycles. The summed E-state index contributed by atoms with van der Waals surface area (Å²) >= 11 is 0. The smallest absolute Gasteiger partial charge is 0.282 e. The Balaban J connectivity index is 1.86. The highest BCUT2D eigenvalue weighted by Gasteiger charge is 2.41. The van der Waals surface area contributed by atoms with E-state index in [0.29, 0.717) is 17.0 Å². The molecule has 0 fully saturated rings. The number of benzene rings is 3. The van der Waals surface area contributed by atoms with Crippen molar-refractivity contribution >= 4 is 28.8 Å². The summed E-state index contributed by atoms with van der Waals surface area (Å²) in [4.78, 5) is 27.5. The molecule has 156 valence electrons. The Hall–Kier alpha value is -4.00. The normalized spacial score (nSPS) is 13.7. The lowest BCUT2D eigenvalue weighted by atomic mass is 10.0. The number of para-hydroxylation sites is 1. The Labute approximate surface area is 177 Å². The number of hydrogen-bond acceptors (Lipinski definition) is 4. The number of methoxy groups -OCH3 is 1. The van der Waals surface area contributed by atoms with Crippen LogP contribution in [0.2, 0.25) is 0 Å². The van der Waals surface area contributed by atoms with Crippen molar-refractivity contribution in [3.8, 4) is 5.75 Å². The van der Waals surface area contributed by atoms with Crippen LogP contribution in [0.1, 0.15) is 11.1 Å². The third-order valence-electron chi connectivity index (χ3n) is 4.94. The zero-order chi connectivity index (χ0) is 22.1. The van der Waals surface area contributed by atoms with Gasteiger partial charge in [0, 0.05) is 17.3 Å².